The average Bonchev–Trinajstić information content (AvgIpc) is 2.46. The van der Waals surface area contributed by atoms with E-state index in [2.05, 4.69) is 22.2 Å². The molecule has 0 saturated heterocycles. The van der Waals surface area contributed by atoms with Gasteiger partial charge in [-0.25, -0.2) is 4.98 Å². The first kappa shape index (κ1) is 13.8. The van der Waals surface area contributed by atoms with E-state index in [-0.39, 0.29) is 0 Å². The van der Waals surface area contributed by atoms with Crippen LogP contribution in [-0.2, 0) is 0 Å². The molecule has 1 aliphatic carbocycles. The lowest BCUT2D eigenvalue weighted by atomic mass is 9.90. The minimum Gasteiger partial charge on any atom is -0.366 e. The highest BCUT2D eigenvalue weighted by molar-refractivity contribution is 5.92. The van der Waals surface area contributed by atoms with Gasteiger partial charge in [0, 0.05) is 25.3 Å². The van der Waals surface area contributed by atoms with Crippen LogP contribution in [0.5, 0.6) is 0 Å². The number of nitrogens with zero attached hydrogens (tertiary/aromatic N) is 2. The minimum absolute atomic E-state index is 0.434. The Kier molecular flexibility index (Phi) is 4.37. The topological polar surface area (TPSA) is 71.2 Å². The van der Waals surface area contributed by atoms with Crippen LogP contribution in [0, 0.1) is 0 Å². The summed E-state index contributed by atoms with van der Waals surface area (Å²) in [5.41, 5.74) is 5.67. The largest absolute Gasteiger partial charge is 0.366 e. The number of carbonyl (C=O) groups is 1. The Morgan fingerprint density at radius 2 is 2.05 bits per heavy atom. The van der Waals surface area contributed by atoms with Gasteiger partial charge in [0.15, 0.2) is 0 Å². The van der Waals surface area contributed by atoms with Gasteiger partial charge in [0.2, 0.25) is 5.91 Å². The van der Waals surface area contributed by atoms with E-state index in [0.29, 0.717) is 17.6 Å². The summed E-state index contributed by atoms with van der Waals surface area (Å²) < 4.78 is 0. The van der Waals surface area contributed by atoms with Gasteiger partial charge in [0.1, 0.15) is 5.82 Å². The lowest BCUT2D eigenvalue weighted by Gasteiger charge is -2.35. The molecular formula is C14H22N4O. The lowest BCUT2D eigenvalue weighted by Crippen LogP contribution is -2.40. The summed E-state index contributed by atoms with van der Waals surface area (Å²) in [6.07, 6.45) is 6.28. The molecule has 0 spiro atoms. The zero-order valence-electron chi connectivity index (χ0n) is 11.6. The fourth-order valence-corrected chi connectivity index (χ4v) is 2.68. The van der Waals surface area contributed by atoms with Crippen molar-refractivity contribution in [2.45, 2.75) is 37.8 Å². The monoisotopic (exact) mass is 262 g/mol. The fraction of sp³-hybridized carbons (Fsp3) is 0.571. The molecule has 1 aliphatic rings. The molecule has 5 heteroatoms. The molecular weight excluding hydrogens is 240 g/mol. The first-order chi connectivity index (χ1) is 9.11. The van der Waals surface area contributed by atoms with Crippen LogP contribution >= 0.6 is 0 Å². The third kappa shape index (κ3) is 3.23. The van der Waals surface area contributed by atoms with E-state index in [1.54, 1.807) is 12.3 Å². The standard InChI is InChI=1S/C14H22N4O/c1-16-11-4-6-12(7-5-11)18(2)13-8-3-10(9-17-13)14(15)19/h3,8-9,11-12,16H,4-7H2,1-2H3,(H2,15,19). The zero-order valence-corrected chi connectivity index (χ0v) is 11.6. The number of nitrogens with one attached hydrogen (secondary N) is 1. The molecule has 0 bridgehead atoms. The van der Waals surface area contributed by atoms with E-state index in [9.17, 15) is 4.79 Å². The first-order valence-corrected chi connectivity index (χ1v) is 6.77. The summed E-state index contributed by atoms with van der Waals surface area (Å²) >= 11 is 0. The third-order valence-electron chi connectivity index (χ3n) is 4.05. The Hall–Kier alpha value is -1.62. The van der Waals surface area contributed by atoms with Crippen LogP contribution in [0.2, 0.25) is 0 Å². The highest BCUT2D eigenvalue weighted by atomic mass is 16.1. The highest BCUT2D eigenvalue weighted by Crippen LogP contribution is 2.25. The smallest absolute Gasteiger partial charge is 0.250 e. The van der Waals surface area contributed by atoms with Gasteiger partial charge in [-0.2, -0.15) is 0 Å². The molecule has 1 aromatic rings. The third-order valence-corrected chi connectivity index (χ3v) is 4.05. The molecule has 104 valence electrons. The molecule has 1 saturated carbocycles. The van der Waals surface area contributed by atoms with Gasteiger partial charge in [0.05, 0.1) is 5.56 Å². The molecule has 0 aromatic carbocycles. The number of nitrogens with two attached hydrogens (primary N) is 1. The molecule has 1 heterocycles. The molecule has 0 aliphatic heterocycles. The molecule has 3 N–H and O–H groups in total. The zero-order chi connectivity index (χ0) is 13.8. The first-order valence-electron chi connectivity index (χ1n) is 6.77. The van der Waals surface area contributed by atoms with Crippen molar-refractivity contribution >= 4 is 11.7 Å². The molecule has 0 radical (unpaired) electrons. The van der Waals surface area contributed by atoms with E-state index in [1.807, 2.05) is 13.1 Å². The van der Waals surface area contributed by atoms with Gasteiger partial charge in [0.25, 0.3) is 0 Å². The Morgan fingerprint density at radius 3 is 2.53 bits per heavy atom. The lowest BCUT2D eigenvalue weighted by molar-refractivity contribution is 0.1000. The van der Waals surface area contributed by atoms with E-state index < -0.39 is 5.91 Å². The van der Waals surface area contributed by atoms with Crippen LogP contribution in [0.4, 0.5) is 5.82 Å². The van der Waals surface area contributed by atoms with E-state index in [0.717, 1.165) is 5.82 Å². The number of hydrogen-bond acceptors (Lipinski definition) is 4. The number of pyridine rings is 1. The fourth-order valence-electron chi connectivity index (χ4n) is 2.68. The highest BCUT2D eigenvalue weighted by Gasteiger charge is 2.23. The van der Waals surface area contributed by atoms with Gasteiger partial charge in [-0.05, 0) is 44.9 Å². The SMILES string of the molecule is CNC1CCC(N(C)c2ccc(C(N)=O)cn2)CC1. The molecule has 19 heavy (non-hydrogen) atoms. The van der Waals surface area contributed by atoms with E-state index >= 15 is 0 Å². The number of carbonyl (C=O) groups excluding carboxylic acids is 1. The van der Waals surface area contributed by atoms with Crippen LogP contribution in [0.3, 0.4) is 0 Å². The van der Waals surface area contributed by atoms with Crippen LogP contribution < -0.4 is 16.0 Å². The molecule has 1 amide bonds. The normalized spacial score (nSPS) is 23.1. The summed E-state index contributed by atoms with van der Waals surface area (Å²) in [4.78, 5) is 17.5. The van der Waals surface area contributed by atoms with Gasteiger partial charge >= 0.3 is 0 Å². The quantitative estimate of drug-likeness (QED) is 0.854. The maximum Gasteiger partial charge on any atom is 0.250 e. The van der Waals surface area contributed by atoms with Crippen LogP contribution in [0.15, 0.2) is 18.3 Å². The van der Waals surface area contributed by atoms with Crippen molar-refractivity contribution < 1.29 is 4.79 Å². The number of primary amides is 1. The van der Waals surface area contributed by atoms with Crippen molar-refractivity contribution in [2.24, 2.45) is 5.73 Å². The number of hydrogen-bond donors (Lipinski definition) is 2. The summed E-state index contributed by atoms with van der Waals surface area (Å²) in [7, 11) is 4.09. The van der Waals surface area contributed by atoms with Crippen molar-refractivity contribution in [3.63, 3.8) is 0 Å². The maximum atomic E-state index is 11.0. The Labute approximate surface area is 114 Å². The van der Waals surface area contributed by atoms with Gasteiger partial charge < -0.3 is 16.0 Å². The predicted octanol–water partition coefficient (Wildman–Crippen LogP) is 1.15. The van der Waals surface area contributed by atoms with Crippen molar-refractivity contribution in [3.8, 4) is 0 Å². The Bertz CT molecular complexity index is 424. The van der Waals surface area contributed by atoms with Gasteiger partial charge in [-0.3, -0.25) is 4.79 Å². The molecule has 2 rings (SSSR count). The summed E-state index contributed by atoms with van der Waals surface area (Å²) in [5, 5.41) is 3.34. The van der Waals surface area contributed by atoms with Crippen molar-refractivity contribution in [1.82, 2.24) is 10.3 Å². The second kappa shape index (κ2) is 6.02. The number of rotatable bonds is 4. The summed E-state index contributed by atoms with van der Waals surface area (Å²) in [5.74, 6) is 0.467. The second-order valence-corrected chi connectivity index (χ2v) is 5.17. The maximum absolute atomic E-state index is 11.0. The Balaban J connectivity index is 1.99. The number of amides is 1. The molecule has 0 atom stereocenters. The number of anilines is 1. The molecule has 5 nitrogen and oxygen atoms in total. The van der Waals surface area contributed by atoms with Crippen LogP contribution in [0.25, 0.3) is 0 Å². The number of aromatic nitrogens is 1. The molecule has 1 fully saturated rings. The van der Waals surface area contributed by atoms with E-state index in [1.165, 1.54) is 25.7 Å². The Morgan fingerprint density at radius 1 is 1.37 bits per heavy atom. The van der Waals surface area contributed by atoms with Crippen molar-refractivity contribution in [3.05, 3.63) is 23.9 Å². The average molecular weight is 262 g/mol. The summed E-state index contributed by atoms with van der Waals surface area (Å²) in [6.45, 7) is 0. The van der Waals surface area contributed by atoms with Crippen LogP contribution in [-0.4, -0.2) is 37.1 Å². The predicted molar refractivity (Wildman–Crippen MR) is 76.3 cm³/mol. The van der Waals surface area contributed by atoms with Crippen molar-refractivity contribution in [2.75, 3.05) is 19.0 Å². The minimum atomic E-state index is -0.434. The molecule has 1 aromatic heterocycles. The molecule has 0 unspecified atom stereocenters. The van der Waals surface area contributed by atoms with E-state index in [4.69, 9.17) is 5.73 Å². The second-order valence-electron chi connectivity index (χ2n) is 5.17. The van der Waals surface area contributed by atoms with Gasteiger partial charge in [-0.1, -0.05) is 0 Å². The summed E-state index contributed by atoms with van der Waals surface area (Å²) in [6, 6.07) is 4.77. The van der Waals surface area contributed by atoms with Gasteiger partial charge in [-0.15, -0.1) is 0 Å². The van der Waals surface area contributed by atoms with Crippen LogP contribution in [0.1, 0.15) is 36.0 Å². The van der Waals surface area contributed by atoms with Crippen molar-refractivity contribution in [1.29, 1.82) is 0 Å².